The molecule has 0 saturated heterocycles. The van der Waals surface area contributed by atoms with Crippen molar-refractivity contribution in [2.75, 3.05) is 0 Å². The summed E-state index contributed by atoms with van der Waals surface area (Å²) in [5, 5.41) is 0. The van der Waals surface area contributed by atoms with Gasteiger partial charge in [0, 0.05) is 5.56 Å². The summed E-state index contributed by atoms with van der Waals surface area (Å²) >= 11 is 0. The molecule has 2 aromatic heterocycles. The largest absolute Gasteiger partial charge is 0.372 e. The van der Waals surface area contributed by atoms with Gasteiger partial charge in [-0.3, -0.25) is 4.79 Å². The van der Waals surface area contributed by atoms with Gasteiger partial charge in [-0.25, -0.2) is 15.0 Å². The topological polar surface area (TPSA) is 107 Å². The van der Waals surface area contributed by atoms with Crippen LogP contribution >= 0.6 is 0 Å². The third-order valence-electron chi connectivity index (χ3n) is 5.45. The molecule has 1 amide bonds. The molecule has 33 heavy (non-hydrogen) atoms. The highest BCUT2D eigenvalue weighted by Gasteiger charge is 2.23. The monoisotopic (exact) mass is 435 g/mol. The van der Waals surface area contributed by atoms with Crippen LogP contribution in [0.1, 0.15) is 21.5 Å². The summed E-state index contributed by atoms with van der Waals surface area (Å²) in [6, 6.07) is 23.6. The molecule has 5 aromatic rings. The average molecular weight is 435 g/mol. The predicted molar refractivity (Wildman–Crippen MR) is 126 cm³/mol. The average Bonchev–Trinajstić information content (AvgIpc) is 3.34. The van der Waals surface area contributed by atoms with Gasteiger partial charge < -0.3 is 15.5 Å². The minimum Gasteiger partial charge on any atom is -0.372 e. The predicted octanol–water partition coefficient (Wildman–Crippen LogP) is 4.50. The Labute approximate surface area is 190 Å². The Hall–Kier alpha value is -4.36. The fraction of sp³-hybridized carbons (Fsp3) is 0.0769. The highest BCUT2D eigenvalue weighted by atomic mass is 16.5. The number of rotatable bonds is 7. The maximum atomic E-state index is 12.8. The maximum absolute atomic E-state index is 12.8. The van der Waals surface area contributed by atoms with E-state index in [-0.39, 0.29) is 6.61 Å². The highest BCUT2D eigenvalue weighted by molar-refractivity contribution is 6.07. The summed E-state index contributed by atoms with van der Waals surface area (Å²) in [4.78, 5) is 28.9. The number of primary amides is 1. The van der Waals surface area contributed by atoms with Gasteiger partial charge in [0.25, 0.3) is 0 Å². The van der Waals surface area contributed by atoms with Gasteiger partial charge in [0.05, 0.1) is 25.1 Å². The first-order chi connectivity index (χ1) is 16.2. The summed E-state index contributed by atoms with van der Waals surface area (Å²) in [5.74, 6) is -0.549. The Kier molecular flexibility index (Phi) is 5.61. The lowest BCUT2D eigenvalue weighted by Crippen LogP contribution is -2.17. The number of imidazole rings is 1. The lowest BCUT2D eigenvalue weighted by atomic mass is 9.89. The molecular formula is C26H21N5O2. The van der Waals surface area contributed by atoms with E-state index in [0.29, 0.717) is 40.2 Å². The van der Waals surface area contributed by atoms with Crippen molar-refractivity contribution in [2.45, 2.75) is 13.2 Å². The number of carbonyl (C=O) groups excluding carboxylic acids is 1. The first kappa shape index (κ1) is 20.5. The first-order valence-electron chi connectivity index (χ1n) is 10.5. The third kappa shape index (κ3) is 4.09. The molecule has 0 radical (unpaired) electrons. The van der Waals surface area contributed by atoms with E-state index in [9.17, 15) is 4.79 Å². The van der Waals surface area contributed by atoms with E-state index in [2.05, 4.69) is 19.9 Å². The van der Waals surface area contributed by atoms with E-state index in [4.69, 9.17) is 10.5 Å². The molecule has 0 spiro atoms. The van der Waals surface area contributed by atoms with Crippen LogP contribution in [0, 0.1) is 0 Å². The van der Waals surface area contributed by atoms with Crippen LogP contribution in [-0.2, 0) is 18.0 Å². The van der Waals surface area contributed by atoms with Crippen molar-refractivity contribution in [1.29, 1.82) is 0 Å². The fourth-order valence-electron chi connectivity index (χ4n) is 3.96. The summed E-state index contributed by atoms with van der Waals surface area (Å²) in [5.41, 5.74) is 12.2. The number of benzene rings is 3. The standard InChI is InChI=1S/C26H21N5O2/c27-25(32)21-19(14-33-13-17-7-3-1-4-8-17)11-12-20(18-9-5-2-6-10-18)22(21)23-24-26(30-15-28-23)31-16-29-24/h1-12,15-16H,13-14H2,(H2,27,32)(H,28,29,30,31). The summed E-state index contributed by atoms with van der Waals surface area (Å²) < 4.78 is 5.94. The Morgan fingerprint density at radius 1 is 0.879 bits per heavy atom. The second-order valence-corrected chi connectivity index (χ2v) is 7.55. The van der Waals surface area contributed by atoms with E-state index in [0.717, 1.165) is 16.7 Å². The molecule has 162 valence electrons. The SMILES string of the molecule is NC(=O)c1c(COCc2ccccc2)ccc(-c2ccccc2)c1-c1ncnc2nc[nH]c12. The van der Waals surface area contributed by atoms with Crippen molar-refractivity contribution >= 4 is 17.1 Å². The number of H-pyrrole nitrogens is 1. The number of aromatic amines is 1. The molecule has 0 unspecified atom stereocenters. The van der Waals surface area contributed by atoms with Crippen LogP contribution in [-0.4, -0.2) is 25.8 Å². The summed E-state index contributed by atoms with van der Waals surface area (Å²) in [6.07, 6.45) is 3.00. The zero-order valence-electron chi connectivity index (χ0n) is 17.7. The van der Waals surface area contributed by atoms with Gasteiger partial charge in [-0.05, 0) is 22.3 Å². The van der Waals surface area contributed by atoms with Crippen molar-refractivity contribution in [1.82, 2.24) is 19.9 Å². The highest BCUT2D eigenvalue weighted by Crippen LogP contribution is 2.38. The van der Waals surface area contributed by atoms with E-state index in [1.54, 1.807) is 6.33 Å². The lowest BCUT2D eigenvalue weighted by molar-refractivity contribution is 0.0967. The minimum atomic E-state index is -0.549. The number of aromatic nitrogens is 4. The summed E-state index contributed by atoms with van der Waals surface area (Å²) in [7, 11) is 0. The molecule has 0 saturated carbocycles. The first-order valence-corrected chi connectivity index (χ1v) is 10.5. The number of ether oxygens (including phenoxy) is 1. The van der Waals surface area contributed by atoms with Crippen LogP contribution in [0.4, 0.5) is 0 Å². The van der Waals surface area contributed by atoms with Gasteiger partial charge >= 0.3 is 0 Å². The van der Waals surface area contributed by atoms with Crippen LogP contribution in [0.3, 0.4) is 0 Å². The number of carbonyl (C=O) groups is 1. The van der Waals surface area contributed by atoms with Crippen molar-refractivity contribution in [3.63, 3.8) is 0 Å². The quantitative estimate of drug-likeness (QED) is 0.391. The molecule has 0 aliphatic rings. The van der Waals surface area contributed by atoms with E-state index in [1.807, 2.05) is 72.8 Å². The molecule has 0 fully saturated rings. The van der Waals surface area contributed by atoms with Crippen LogP contribution in [0.2, 0.25) is 0 Å². The number of nitrogens with two attached hydrogens (primary N) is 1. The van der Waals surface area contributed by atoms with Crippen molar-refractivity contribution in [2.24, 2.45) is 5.73 Å². The van der Waals surface area contributed by atoms with Gasteiger partial charge in [0.2, 0.25) is 5.91 Å². The van der Waals surface area contributed by atoms with Crippen molar-refractivity contribution < 1.29 is 9.53 Å². The Morgan fingerprint density at radius 2 is 1.64 bits per heavy atom. The lowest BCUT2D eigenvalue weighted by Gasteiger charge is -2.17. The van der Waals surface area contributed by atoms with Gasteiger partial charge in [0.15, 0.2) is 5.65 Å². The van der Waals surface area contributed by atoms with Gasteiger partial charge in [-0.15, -0.1) is 0 Å². The molecule has 0 atom stereocenters. The van der Waals surface area contributed by atoms with Gasteiger partial charge in [-0.2, -0.15) is 0 Å². The third-order valence-corrected chi connectivity index (χ3v) is 5.45. The maximum Gasteiger partial charge on any atom is 0.249 e. The van der Waals surface area contributed by atoms with Crippen LogP contribution < -0.4 is 5.73 Å². The van der Waals surface area contributed by atoms with Crippen LogP contribution in [0.15, 0.2) is 85.5 Å². The molecule has 0 bridgehead atoms. The molecule has 7 nitrogen and oxygen atoms in total. The Morgan fingerprint density at radius 3 is 2.39 bits per heavy atom. The second kappa shape index (κ2) is 9.02. The number of hydrogen-bond donors (Lipinski definition) is 2. The molecule has 0 aliphatic heterocycles. The molecular weight excluding hydrogens is 414 g/mol. The Balaban J connectivity index is 1.66. The number of nitrogens with one attached hydrogen (secondary N) is 1. The normalized spacial score (nSPS) is 11.0. The second-order valence-electron chi connectivity index (χ2n) is 7.55. The van der Waals surface area contributed by atoms with E-state index < -0.39 is 5.91 Å². The van der Waals surface area contributed by atoms with Crippen molar-refractivity contribution in [3.8, 4) is 22.4 Å². The molecule has 5 rings (SSSR count). The Bertz CT molecular complexity index is 1420. The molecule has 0 aliphatic carbocycles. The summed E-state index contributed by atoms with van der Waals surface area (Å²) in [6.45, 7) is 0.652. The molecule has 3 N–H and O–H groups in total. The van der Waals surface area contributed by atoms with E-state index >= 15 is 0 Å². The number of fused-ring (bicyclic) bond motifs is 1. The number of nitrogens with zero attached hydrogens (tertiary/aromatic N) is 3. The van der Waals surface area contributed by atoms with Crippen molar-refractivity contribution in [3.05, 3.63) is 102 Å². The van der Waals surface area contributed by atoms with E-state index in [1.165, 1.54) is 6.33 Å². The zero-order valence-corrected chi connectivity index (χ0v) is 17.7. The molecule has 2 heterocycles. The molecule has 7 heteroatoms. The van der Waals surface area contributed by atoms with Crippen LogP contribution in [0.25, 0.3) is 33.5 Å². The minimum absolute atomic E-state index is 0.229. The van der Waals surface area contributed by atoms with Gasteiger partial charge in [0.1, 0.15) is 17.5 Å². The number of amides is 1. The molecule has 3 aromatic carbocycles. The van der Waals surface area contributed by atoms with Crippen LogP contribution in [0.5, 0.6) is 0 Å². The zero-order chi connectivity index (χ0) is 22.6. The van der Waals surface area contributed by atoms with Gasteiger partial charge in [-0.1, -0.05) is 72.8 Å². The fourth-order valence-corrected chi connectivity index (χ4v) is 3.96. The number of hydrogen-bond acceptors (Lipinski definition) is 5. The smallest absolute Gasteiger partial charge is 0.249 e.